The van der Waals surface area contributed by atoms with Crippen LogP contribution in [0.3, 0.4) is 0 Å². The van der Waals surface area contributed by atoms with Crippen LogP contribution < -0.4 is 0 Å². The van der Waals surface area contributed by atoms with E-state index in [9.17, 15) is 0 Å². The Morgan fingerprint density at radius 2 is 1.93 bits per heavy atom. The molecule has 14 heavy (non-hydrogen) atoms. The molecule has 0 unspecified atom stereocenters. The smallest absolute Gasteiger partial charge is 0.147 e. The summed E-state index contributed by atoms with van der Waals surface area (Å²) in [4.78, 5) is 0. The molecule has 1 aliphatic rings. The molecule has 0 aromatic heterocycles. The van der Waals surface area contributed by atoms with Crippen molar-refractivity contribution in [3.8, 4) is 0 Å². The van der Waals surface area contributed by atoms with Gasteiger partial charge in [0.25, 0.3) is 0 Å². The first-order chi connectivity index (χ1) is 5.49. The fraction of sp³-hybridized carbons (Fsp3) is 0.600. The van der Waals surface area contributed by atoms with Crippen LogP contribution in [0.5, 0.6) is 0 Å². The fourth-order valence-corrected chi connectivity index (χ4v) is 2.49. The molecule has 1 aliphatic carbocycles. The summed E-state index contributed by atoms with van der Waals surface area (Å²) in [6.07, 6.45) is 5.70. The molecule has 81 valence electrons. The van der Waals surface area contributed by atoms with Gasteiger partial charge in [0.15, 0.2) is 0 Å². The van der Waals surface area contributed by atoms with E-state index in [4.69, 9.17) is 0 Å². The first-order valence-electron chi connectivity index (χ1n) is 4.23. The minimum absolute atomic E-state index is 0. The maximum atomic E-state index is 2.27. The molecule has 0 amide bonds. The molecule has 0 N–H and O–H groups in total. The van der Waals surface area contributed by atoms with Crippen molar-refractivity contribution in [3.63, 3.8) is 0 Å². The van der Waals surface area contributed by atoms with Crippen LogP contribution in [-0.4, -0.2) is 10.5 Å². The molecule has 0 fully saturated rings. The third kappa shape index (κ3) is 6.58. The Balaban J connectivity index is 0. The van der Waals surface area contributed by atoms with E-state index in [2.05, 4.69) is 53.4 Å². The molecule has 0 saturated heterocycles. The van der Waals surface area contributed by atoms with Gasteiger partial charge in [-0.1, -0.05) is 0 Å². The second kappa shape index (κ2) is 7.41. The third-order valence-corrected chi connectivity index (χ3v) is 3.83. The number of hydrogen-bond donors (Lipinski definition) is 0. The summed E-state index contributed by atoms with van der Waals surface area (Å²) in [5.74, 6) is 1.17. The molecule has 4 heteroatoms. The van der Waals surface area contributed by atoms with E-state index in [1.165, 1.54) is 17.7 Å². The van der Waals surface area contributed by atoms with Crippen LogP contribution in [-0.2, 0) is 20.4 Å². The van der Waals surface area contributed by atoms with Crippen LogP contribution in [0, 0.1) is 0 Å². The maximum absolute atomic E-state index is 2.27. The second-order valence-electron chi connectivity index (χ2n) is 4.01. The first-order valence-corrected chi connectivity index (χ1v) is 6.00. The molecule has 1 rings (SSSR count). The summed E-state index contributed by atoms with van der Waals surface area (Å²) in [5, 5.41) is 0. The van der Waals surface area contributed by atoms with Crippen LogP contribution in [0.25, 0.3) is 0 Å². The van der Waals surface area contributed by atoms with Gasteiger partial charge in [-0.05, 0) is 0 Å². The third-order valence-electron chi connectivity index (χ3n) is 1.69. The summed E-state index contributed by atoms with van der Waals surface area (Å²) < 4.78 is 1.94. The molecule has 0 nitrogen and oxygen atoms in total. The van der Waals surface area contributed by atoms with E-state index in [-0.39, 0.29) is 24.8 Å². The van der Waals surface area contributed by atoms with Crippen molar-refractivity contribution in [2.75, 3.05) is 5.75 Å². The summed E-state index contributed by atoms with van der Waals surface area (Å²) in [7, 11) is 0. The second-order valence-corrected chi connectivity index (χ2v) is 6.76. The molecular formula is C10H17Cl2STi. The molecule has 0 saturated carbocycles. The molecule has 0 aromatic carbocycles. The number of allylic oxidation sites excluding steroid dienone is 3. The Hall–Kier alpha value is 1.12. The topological polar surface area (TPSA) is 0 Å². The molecule has 0 spiro atoms. The number of rotatable bonds is 2. The van der Waals surface area contributed by atoms with Gasteiger partial charge >= 0.3 is 91.5 Å². The summed E-state index contributed by atoms with van der Waals surface area (Å²) in [6, 6.07) is 0. The van der Waals surface area contributed by atoms with E-state index in [1.54, 1.807) is 3.88 Å². The van der Waals surface area contributed by atoms with Crippen molar-refractivity contribution >= 4 is 36.6 Å². The largest absolute Gasteiger partial charge is 0.147 e. The zero-order chi connectivity index (χ0) is 9.19. The summed E-state index contributed by atoms with van der Waals surface area (Å²) in [6.45, 7) is 6.81. The minimum atomic E-state index is 0. The predicted molar refractivity (Wildman–Crippen MR) is 67.5 cm³/mol. The van der Waals surface area contributed by atoms with Crippen LogP contribution in [0.1, 0.15) is 27.2 Å². The molecule has 0 aromatic rings. The standard InChI is InChI=1S/C10H15S.2ClH.Ti/c1-10(2,3)11-8-9-6-4-5-7-9;;;/h4,6H,5,8H2,1-3H3;2*1H;. The first kappa shape index (κ1) is 17.5. The van der Waals surface area contributed by atoms with Gasteiger partial charge in [-0.3, -0.25) is 0 Å². The van der Waals surface area contributed by atoms with Crippen molar-refractivity contribution in [2.45, 2.75) is 31.9 Å². The number of halogens is 2. The van der Waals surface area contributed by atoms with Crippen molar-refractivity contribution in [2.24, 2.45) is 0 Å². The molecule has 0 heterocycles. The summed E-state index contributed by atoms with van der Waals surface area (Å²) in [5.41, 5.74) is 1.54. The monoisotopic (exact) mass is 287 g/mol. The van der Waals surface area contributed by atoms with Gasteiger partial charge in [0.2, 0.25) is 0 Å². The zero-order valence-corrected chi connectivity index (χ0v) is 12.8. The number of thioether (sulfide) groups is 1. The van der Waals surface area contributed by atoms with Gasteiger partial charge in [-0.15, -0.1) is 24.8 Å². The van der Waals surface area contributed by atoms with Gasteiger partial charge in [0, 0.05) is 0 Å². The van der Waals surface area contributed by atoms with Gasteiger partial charge in [-0.25, -0.2) is 0 Å². The fourth-order valence-electron chi connectivity index (χ4n) is 0.980. The van der Waals surface area contributed by atoms with Gasteiger partial charge in [-0.2, -0.15) is 0 Å². The van der Waals surface area contributed by atoms with Crippen molar-refractivity contribution < 1.29 is 20.4 Å². The van der Waals surface area contributed by atoms with Crippen molar-refractivity contribution in [1.29, 1.82) is 0 Å². The maximum Gasteiger partial charge on any atom is -0.147 e. The van der Waals surface area contributed by atoms with Crippen molar-refractivity contribution in [1.82, 2.24) is 0 Å². The zero-order valence-electron chi connectivity index (χ0n) is 8.79. The number of hydrogen-bond acceptors (Lipinski definition) is 1. The molecule has 0 atom stereocenters. The average Bonchev–Trinajstić information content (AvgIpc) is 2.29. The Bertz CT molecular complexity index is 229. The van der Waals surface area contributed by atoms with E-state index >= 15 is 0 Å². The molecular weight excluding hydrogens is 271 g/mol. The van der Waals surface area contributed by atoms with Gasteiger partial charge in [0.05, 0.1) is 0 Å². The minimum Gasteiger partial charge on any atom is -0.147 e. The predicted octanol–water partition coefficient (Wildman–Crippen LogP) is 4.12. The van der Waals surface area contributed by atoms with Crippen LogP contribution in [0.15, 0.2) is 21.6 Å². The van der Waals surface area contributed by atoms with Crippen LogP contribution in [0.4, 0.5) is 0 Å². The van der Waals surface area contributed by atoms with Crippen LogP contribution >= 0.6 is 36.6 Å². The van der Waals surface area contributed by atoms with E-state index < -0.39 is 0 Å². The average molecular weight is 288 g/mol. The van der Waals surface area contributed by atoms with Gasteiger partial charge < -0.3 is 0 Å². The van der Waals surface area contributed by atoms with E-state index in [0.29, 0.717) is 4.75 Å². The van der Waals surface area contributed by atoms with Crippen molar-refractivity contribution in [3.05, 3.63) is 21.6 Å². The Kier molecular flexibility index (Phi) is 9.27. The molecule has 0 bridgehead atoms. The molecule has 0 aliphatic heterocycles. The van der Waals surface area contributed by atoms with E-state index in [1.807, 2.05) is 11.8 Å². The Morgan fingerprint density at radius 3 is 2.29 bits per heavy atom. The normalized spacial score (nSPS) is 15.0. The Morgan fingerprint density at radius 1 is 1.36 bits per heavy atom. The molecule has 0 radical (unpaired) electrons. The summed E-state index contributed by atoms with van der Waals surface area (Å²) >= 11 is 4.26. The van der Waals surface area contributed by atoms with Crippen LogP contribution in [0.2, 0.25) is 0 Å². The van der Waals surface area contributed by atoms with Gasteiger partial charge in [0.1, 0.15) is 0 Å². The Labute approximate surface area is 116 Å². The van der Waals surface area contributed by atoms with E-state index in [0.717, 1.165) is 0 Å². The quantitative estimate of drug-likeness (QED) is 0.689. The SMILES string of the molecule is CC(C)(C)SCC1=[C]([Ti])CC=C1.Cl.Cl.